The van der Waals surface area contributed by atoms with Crippen LogP contribution in [0.15, 0.2) is 6.07 Å². The lowest BCUT2D eigenvalue weighted by atomic mass is 9.82. The quantitative estimate of drug-likeness (QED) is 0.790. The Morgan fingerprint density at radius 3 is 2.69 bits per heavy atom. The number of likely N-dealkylation sites (tertiary alicyclic amines) is 1. The smallest absolute Gasteiger partial charge is 0.264 e. The zero-order valence-electron chi connectivity index (χ0n) is 16.2. The third-order valence-electron chi connectivity index (χ3n) is 6.59. The Morgan fingerprint density at radius 2 is 2.08 bits per heavy atom. The molecule has 3 aliphatic rings. The fraction of sp³-hybridized carbons (Fsp3) is 0.750. The van der Waals surface area contributed by atoms with Crippen LogP contribution >= 0.6 is 11.3 Å². The molecular formula is C20H30N2O3S. The second-order valence-corrected chi connectivity index (χ2v) is 9.13. The van der Waals surface area contributed by atoms with Gasteiger partial charge in [-0.25, -0.2) is 0 Å². The molecule has 1 saturated heterocycles. The number of hydrogen-bond acceptors (Lipinski definition) is 5. The number of ether oxygens (including phenoxy) is 2. The van der Waals surface area contributed by atoms with E-state index in [1.807, 2.05) is 11.9 Å². The molecule has 0 atom stereocenters. The lowest BCUT2D eigenvalue weighted by Crippen LogP contribution is -2.46. The Labute approximate surface area is 160 Å². The van der Waals surface area contributed by atoms with Crippen LogP contribution in [0, 0.1) is 0 Å². The summed E-state index contributed by atoms with van der Waals surface area (Å²) in [6.45, 7) is 6.87. The van der Waals surface area contributed by atoms with Gasteiger partial charge in [0.2, 0.25) is 0 Å². The van der Waals surface area contributed by atoms with Crippen molar-refractivity contribution in [3.63, 3.8) is 0 Å². The number of piperidine rings is 1. The second kappa shape index (κ2) is 6.89. The molecule has 3 heterocycles. The molecule has 1 aromatic rings. The number of thiophene rings is 1. The molecule has 1 aliphatic carbocycles. The first-order valence-electron chi connectivity index (χ1n) is 9.80. The highest BCUT2D eigenvalue weighted by Gasteiger charge is 2.49. The van der Waals surface area contributed by atoms with Gasteiger partial charge in [-0.15, -0.1) is 11.3 Å². The molecule has 2 aliphatic heterocycles. The van der Waals surface area contributed by atoms with Crippen molar-refractivity contribution in [2.75, 3.05) is 47.0 Å². The molecule has 144 valence electrons. The monoisotopic (exact) mass is 378 g/mol. The van der Waals surface area contributed by atoms with Gasteiger partial charge in [-0.3, -0.25) is 4.79 Å². The van der Waals surface area contributed by atoms with Crippen LogP contribution in [0.25, 0.3) is 0 Å². The SMILES string of the molecule is CCN1CCC2(CC1)OCCc1sc(C(=O)N(C)C3(COC)CC3)cc12. The molecule has 0 N–H and O–H groups in total. The molecule has 1 spiro atoms. The largest absolute Gasteiger partial charge is 0.382 e. The van der Waals surface area contributed by atoms with Crippen LogP contribution < -0.4 is 0 Å². The molecule has 0 radical (unpaired) electrons. The van der Waals surface area contributed by atoms with Gasteiger partial charge in [0.25, 0.3) is 5.91 Å². The molecule has 0 aromatic carbocycles. The first-order valence-corrected chi connectivity index (χ1v) is 10.6. The Bertz CT molecular complexity index is 675. The fourth-order valence-electron chi connectivity index (χ4n) is 4.54. The Morgan fingerprint density at radius 1 is 1.35 bits per heavy atom. The minimum absolute atomic E-state index is 0.0863. The van der Waals surface area contributed by atoms with Crippen molar-refractivity contribution >= 4 is 17.2 Å². The first-order chi connectivity index (χ1) is 12.5. The summed E-state index contributed by atoms with van der Waals surface area (Å²) in [7, 11) is 3.64. The molecule has 5 nitrogen and oxygen atoms in total. The first kappa shape index (κ1) is 18.4. The van der Waals surface area contributed by atoms with Gasteiger partial charge in [0, 0.05) is 38.5 Å². The zero-order chi connectivity index (χ0) is 18.4. The van der Waals surface area contributed by atoms with Crippen molar-refractivity contribution in [3.05, 3.63) is 21.4 Å². The maximum atomic E-state index is 13.1. The summed E-state index contributed by atoms with van der Waals surface area (Å²) < 4.78 is 11.7. The van der Waals surface area contributed by atoms with Crippen LogP contribution in [0.5, 0.6) is 0 Å². The van der Waals surface area contributed by atoms with Crippen LogP contribution in [-0.4, -0.2) is 68.3 Å². The van der Waals surface area contributed by atoms with Gasteiger partial charge in [-0.05, 0) is 43.9 Å². The normalized spacial score (nSPS) is 23.7. The number of nitrogens with zero attached hydrogens (tertiary/aromatic N) is 2. The molecule has 1 aromatic heterocycles. The zero-order valence-corrected chi connectivity index (χ0v) is 17.0. The van der Waals surface area contributed by atoms with Crippen LogP contribution in [0.3, 0.4) is 0 Å². The van der Waals surface area contributed by atoms with Crippen LogP contribution in [-0.2, 0) is 21.5 Å². The molecule has 26 heavy (non-hydrogen) atoms. The number of fused-ring (bicyclic) bond motifs is 2. The van der Waals surface area contributed by atoms with E-state index >= 15 is 0 Å². The lowest BCUT2D eigenvalue weighted by Gasteiger charge is -2.43. The molecule has 1 amide bonds. The number of carbonyl (C=O) groups is 1. The number of carbonyl (C=O) groups excluding carboxylic acids is 1. The number of likely N-dealkylation sites (N-methyl/N-ethyl adjacent to an activating group) is 1. The molecule has 2 fully saturated rings. The molecular weight excluding hydrogens is 348 g/mol. The summed E-state index contributed by atoms with van der Waals surface area (Å²) in [6, 6.07) is 2.14. The third-order valence-corrected chi connectivity index (χ3v) is 7.77. The van der Waals surface area contributed by atoms with Crippen molar-refractivity contribution in [3.8, 4) is 0 Å². The summed E-state index contributed by atoms with van der Waals surface area (Å²) in [5.74, 6) is 0.139. The number of methoxy groups -OCH3 is 1. The predicted molar refractivity (Wildman–Crippen MR) is 103 cm³/mol. The highest BCUT2D eigenvalue weighted by Crippen LogP contribution is 2.46. The molecule has 4 rings (SSSR count). The minimum Gasteiger partial charge on any atom is -0.382 e. The molecule has 6 heteroatoms. The van der Waals surface area contributed by atoms with Gasteiger partial charge < -0.3 is 19.3 Å². The van der Waals surface area contributed by atoms with Crippen molar-refractivity contribution in [2.45, 2.75) is 50.2 Å². The van der Waals surface area contributed by atoms with Crippen molar-refractivity contribution in [1.82, 2.24) is 9.80 Å². The van der Waals surface area contributed by atoms with Crippen molar-refractivity contribution in [1.29, 1.82) is 0 Å². The topological polar surface area (TPSA) is 42.0 Å². The van der Waals surface area contributed by atoms with Crippen molar-refractivity contribution in [2.24, 2.45) is 0 Å². The van der Waals surface area contributed by atoms with Gasteiger partial charge in [-0.1, -0.05) is 6.92 Å². The Balaban J connectivity index is 1.57. The maximum absolute atomic E-state index is 13.1. The highest BCUT2D eigenvalue weighted by atomic mass is 32.1. The molecule has 0 bridgehead atoms. The van der Waals surface area contributed by atoms with Crippen LogP contribution in [0.2, 0.25) is 0 Å². The van der Waals surface area contributed by atoms with Crippen LogP contribution in [0.4, 0.5) is 0 Å². The van der Waals surface area contributed by atoms with Gasteiger partial charge in [0.05, 0.1) is 29.2 Å². The summed E-state index contributed by atoms with van der Waals surface area (Å²) in [5, 5.41) is 0. The van der Waals surface area contributed by atoms with Gasteiger partial charge in [-0.2, -0.15) is 0 Å². The van der Waals surface area contributed by atoms with E-state index in [9.17, 15) is 4.79 Å². The predicted octanol–water partition coefficient (Wildman–Crippen LogP) is 2.88. The Kier molecular flexibility index (Phi) is 4.88. The number of hydrogen-bond donors (Lipinski definition) is 0. The van der Waals surface area contributed by atoms with Crippen molar-refractivity contribution < 1.29 is 14.3 Å². The molecule has 0 unspecified atom stereocenters. The Hall–Kier alpha value is -0.950. The summed E-state index contributed by atoms with van der Waals surface area (Å²) in [6.07, 6.45) is 5.06. The van der Waals surface area contributed by atoms with Crippen LogP contribution in [0.1, 0.15) is 52.7 Å². The van der Waals surface area contributed by atoms with E-state index in [1.165, 1.54) is 10.4 Å². The summed E-state index contributed by atoms with van der Waals surface area (Å²) in [5.41, 5.74) is 1.03. The number of amides is 1. The van der Waals surface area contributed by atoms with E-state index in [0.29, 0.717) is 6.61 Å². The van der Waals surface area contributed by atoms with Gasteiger partial charge in [0.1, 0.15) is 0 Å². The van der Waals surface area contributed by atoms with E-state index in [2.05, 4.69) is 17.9 Å². The maximum Gasteiger partial charge on any atom is 0.264 e. The molecule has 1 saturated carbocycles. The van der Waals surface area contributed by atoms with Gasteiger partial charge in [0.15, 0.2) is 0 Å². The summed E-state index contributed by atoms with van der Waals surface area (Å²) >= 11 is 1.68. The standard InChI is InChI=1S/C20H30N2O3S/c1-4-22-10-8-20(9-11-22)15-13-17(26-16(15)5-12-25-20)18(23)21(2)19(6-7-19)14-24-3/h13H,4-12,14H2,1-3H3. The van der Waals surface area contributed by atoms with E-state index in [0.717, 1.165) is 63.2 Å². The highest BCUT2D eigenvalue weighted by molar-refractivity contribution is 7.14. The number of rotatable bonds is 5. The van der Waals surface area contributed by atoms with E-state index in [-0.39, 0.29) is 17.0 Å². The summed E-state index contributed by atoms with van der Waals surface area (Å²) in [4.78, 5) is 19.7. The van der Waals surface area contributed by atoms with Gasteiger partial charge >= 0.3 is 0 Å². The van der Waals surface area contributed by atoms with E-state index in [4.69, 9.17) is 9.47 Å². The van der Waals surface area contributed by atoms with E-state index in [1.54, 1.807) is 18.4 Å². The lowest BCUT2D eigenvalue weighted by molar-refractivity contribution is -0.0964. The average molecular weight is 379 g/mol. The average Bonchev–Trinajstić information content (AvgIpc) is 3.30. The second-order valence-electron chi connectivity index (χ2n) is 8.00. The van der Waals surface area contributed by atoms with E-state index < -0.39 is 0 Å². The minimum atomic E-state index is -0.170. The fourth-order valence-corrected chi connectivity index (χ4v) is 5.74. The third kappa shape index (κ3) is 3.01.